The summed E-state index contributed by atoms with van der Waals surface area (Å²) in [5.41, 5.74) is 2.16. The van der Waals surface area contributed by atoms with Crippen molar-refractivity contribution in [1.29, 1.82) is 0 Å². The number of esters is 1. The van der Waals surface area contributed by atoms with E-state index in [2.05, 4.69) is 21.2 Å². The molecule has 0 saturated heterocycles. The molecule has 1 atom stereocenters. The van der Waals surface area contributed by atoms with E-state index in [1.54, 1.807) is 37.3 Å². The Morgan fingerprint density at radius 3 is 2.45 bits per heavy atom. The number of halogens is 1. The first-order valence-electron chi connectivity index (χ1n) is 6.80. The first kappa shape index (κ1) is 16.2. The Bertz CT molecular complexity index is 683. The molecule has 0 aromatic heterocycles. The molecule has 0 bridgehead atoms. The zero-order valence-electron chi connectivity index (χ0n) is 12.3. The summed E-state index contributed by atoms with van der Waals surface area (Å²) in [6.07, 6.45) is -0.882. The Hall–Kier alpha value is -2.14. The lowest BCUT2D eigenvalue weighted by atomic mass is 10.2. The maximum absolute atomic E-state index is 12.0. The van der Waals surface area contributed by atoms with E-state index in [0.717, 1.165) is 10.0 Å². The van der Waals surface area contributed by atoms with Crippen molar-refractivity contribution in [3.05, 3.63) is 64.1 Å². The summed E-state index contributed by atoms with van der Waals surface area (Å²) in [5.74, 6) is -0.903. The Balaban J connectivity index is 1.96. The predicted molar refractivity (Wildman–Crippen MR) is 88.8 cm³/mol. The Morgan fingerprint density at radius 2 is 1.82 bits per heavy atom. The number of carbonyl (C=O) groups is 2. The fourth-order valence-electron chi connectivity index (χ4n) is 1.78. The van der Waals surface area contributed by atoms with Gasteiger partial charge in [-0.05, 0) is 44.2 Å². The van der Waals surface area contributed by atoms with Gasteiger partial charge in [0, 0.05) is 10.2 Å². The molecule has 2 aromatic rings. The summed E-state index contributed by atoms with van der Waals surface area (Å²) in [6.45, 7) is 3.51. The molecular formula is C17H16BrNO3. The van der Waals surface area contributed by atoms with E-state index in [4.69, 9.17) is 4.74 Å². The maximum Gasteiger partial charge on any atom is 0.338 e. The molecule has 0 spiro atoms. The minimum atomic E-state index is -0.882. The number of hydrogen-bond acceptors (Lipinski definition) is 3. The number of ether oxygens (including phenoxy) is 1. The molecule has 114 valence electrons. The van der Waals surface area contributed by atoms with Crippen LogP contribution in [0.5, 0.6) is 0 Å². The van der Waals surface area contributed by atoms with Crippen molar-refractivity contribution in [3.8, 4) is 0 Å². The Kier molecular flexibility index (Phi) is 5.33. The number of hydrogen-bond donors (Lipinski definition) is 1. The molecule has 2 aromatic carbocycles. The second kappa shape index (κ2) is 7.22. The molecule has 0 aliphatic heterocycles. The lowest BCUT2D eigenvalue weighted by Gasteiger charge is -2.13. The largest absolute Gasteiger partial charge is 0.449 e. The average molecular weight is 362 g/mol. The molecule has 22 heavy (non-hydrogen) atoms. The van der Waals surface area contributed by atoms with Crippen LogP contribution in [0.3, 0.4) is 0 Å². The van der Waals surface area contributed by atoms with E-state index in [9.17, 15) is 9.59 Å². The summed E-state index contributed by atoms with van der Waals surface area (Å²) in [4.78, 5) is 24.0. The van der Waals surface area contributed by atoms with Crippen molar-refractivity contribution in [2.24, 2.45) is 0 Å². The summed E-state index contributed by atoms with van der Waals surface area (Å²) < 4.78 is 5.95. The van der Waals surface area contributed by atoms with Crippen molar-refractivity contribution in [2.45, 2.75) is 20.0 Å². The van der Waals surface area contributed by atoms with Crippen molar-refractivity contribution >= 4 is 33.5 Å². The molecule has 1 N–H and O–H groups in total. The van der Waals surface area contributed by atoms with Gasteiger partial charge in [0.2, 0.25) is 0 Å². The van der Waals surface area contributed by atoms with Gasteiger partial charge in [-0.25, -0.2) is 4.79 Å². The highest BCUT2D eigenvalue weighted by Crippen LogP contribution is 2.14. The number of carbonyl (C=O) groups excluding carboxylic acids is 2. The lowest BCUT2D eigenvalue weighted by molar-refractivity contribution is -0.123. The topological polar surface area (TPSA) is 55.4 Å². The molecule has 0 saturated carbocycles. The molecule has 1 amide bonds. The van der Waals surface area contributed by atoms with Gasteiger partial charge < -0.3 is 10.1 Å². The summed E-state index contributed by atoms with van der Waals surface area (Å²) >= 11 is 3.29. The number of nitrogens with one attached hydrogen (secondary N) is 1. The number of rotatable bonds is 4. The van der Waals surface area contributed by atoms with Crippen LogP contribution in [0.4, 0.5) is 5.69 Å². The van der Waals surface area contributed by atoms with E-state index in [1.807, 2.05) is 25.1 Å². The van der Waals surface area contributed by atoms with Gasteiger partial charge >= 0.3 is 5.97 Å². The van der Waals surface area contributed by atoms with E-state index in [0.29, 0.717) is 11.3 Å². The van der Waals surface area contributed by atoms with Crippen LogP contribution in [-0.2, 0) is 9.53 Å². The fourth-order valence-corrected chi connectivity index (χ4v) is 2.18. The van der Waals surface area contributed by atoms with Crippen LogP contribution in [0.25, 0.3) is 0 Å². The van der Waals surface area contributed by atoms with E-state index >= 15 is 0 Å². The van der Waals surface area contributed by atoms with Gasteiger partial charge in [0.05, 0.1) is 5.56 Å². The minimum Gasteiger partial charge on any atom is -0.449 e. The molecule has 4 nitrogen and oxygen atoms in total. The smallest absolute Gasteiger partial charge is 0.338 e. The molecule has 0 aliphatic rings. The number of aryl methyl sites for hydroxylation is 1. The second-order valence-electron chi connectivity index (χ2n) is 4.91. The first-order chi connectivity index (χ1) is 10.5. The summed E-state index contributed by atoms with van der Waals surface area (Å²) in [5, 5.41) is 2.71. The third kappa shape index (κ3) is 4.43. The molecule has 0 fully saturated rings. The van der Waals surface area contributed by atoms with Crippen LogP contribution in [-0.4, -0.2) is 18.0 Å². The van der Waals surface area contributed by atoms with Crippen molar-refractivity contribution in [3.63, 3.8) is 0 Å². The molecular weight excluding hydrogens is 346 g/mol. The SMILES string of the molecule is Cc1ccc(NC(=O)C(C)OC(=O)c2cccc(Br)c2)cc1. The van der Waals surface area contributed by atoms with Crippen molar-refractivity contribution in [1.82, 2.24) is 0 Å². The lowest BCUT2D eigenvalue weighted by Crippen LogP contribution is -2.30. The third-order valence-electron chi connectivity index (χ3n) is 3.03. The summed E-state index contributed by atoms with van der Waals surface area (Å²) in [7, 11) is 0. The van der Waals surface area contributed by atoms with E-state index < -0.39 is 12.1 Å². The molecule has 5 heteroatoms. The van der Waals surface area contributed by atoms with Crippen molar-refractivity contribution < 1.29 is 14.3 Å². The van der Waals surface area contributed by atoms with Crippen LogP contribution in [0.2, 0.25) is 0 Å². The standard InChI is InChI=1S/C17H16BrNO3/c1-11-6-8-15(9-7-11)19-16(20)12(2)22-17(21)13-4-3-5-14(18)10-13/h3-10,12H,1-2H3,(H,19,20). The normalized spacial score (nSPS) is 11.6. The van der Waals surface area contributed by atoms with Gasteiger partial charge in [-0.3, -0.25) is 4.79 Å². The first-order valence-corrected chi connectivity index (χ1v) is 7.59. The summed E-state index contributed by atoms with van der Waals surface area (Å²) in [6, 6.07) is 14.2. The number of benzene rings is 2. The third-order valence-corrected chi connectivity index (χ3v) is 3.53. The van der Waals surface area contributed by atoms with Gasteiger partial charge in [-0.2, -0.15) is 0 Å². The predicted octanol–water partition coefficient (Wildman–Crippen LogP) is 3.94. The highest BCUT2D eigenvalue weighted by atomic mass is 79.9. The Labute approximate surface area is 137 Å². The van der Waals surface area contributed by atoms with E-state index in [-0.39, 0.29) is 5.91 Å². The Morgan fingerprint density at radius 1 is 1.14 bits per heavy atom. The van der Waals surface area contributed by atoms with Gasteiger partial charge in [0.25, 0.3) is 5.91 Å². The van der Waals surface area contributed by atoms with Gasteiger partial charge in [0.1, 0.15) is 0 Å². The molecule has 1 unspecified atom stereocenters. The van der Waals surface area contributed by atoms with E-state index in [1.165, 1.54) is 0 Å². The van der Waals surface area contributed by atoms with Gasteiger partial charge in [-0.15, -0.1) is 0 Å². The number of anilines is 1. The molecule has 0 heterocycles. The maximum atomic E-state index is 12.0. The average Bonchev–Trinajstić information content (AvgIpc) is 2.49. The number of amides is 1. The molecule has 2 rings (SSSR count). The van der Waals surface area contributed by atoms with Crippen LogP contribution in [0.1, 0.15) is 22.8 Å². The molecule has 0 aliphatic carbocycles. The van der Waals surface area contributed by atoms with Gasteiger partial charge in [-0.1, -0.05) is 39.7 Å². The quantitative estimate of drug-likeness (QED) is 0.839. The highest BCUT2D eigenvalue weighted by Gasteiger charge is 2.19. The monoisotopic (exact) mass is 361 g/mol. The second-order valence-corrected chi connectivity index (χ2v) is 5.83. The van der Waals surface area contributed by atoms with Crippen LogP contribution >= 0.6 is 15.9 Å². The zero-order valence-corrected chi connectivity index (χ0v) is 13.9. The van der Waals surface area contributed by atoms with Crippen LogP contribution < -0.4 is 5.32 Å². The zero-order chi connectivity index (χ0) is 16.1. The minimum absolute atomic E-state index is 0.368. The fraction of sp³-hybridized carbons (Fsp3) is 0.176. The van der Waals surface area contributed by atoms with Crippen LogP contribution in [0, 0.1) is 6.92 Å². The highest BCUT2D eigenvalue weighted by molar-refractivity contribution is 9.10. The van der Waals surface area contributed by atoms with Crippen LogP contribution in [0.15, 0.2) is 53.0 Å². The van der Waals surface area contributed by atoms with Crippen molar-refractivity contribution in [2.75, 3.05) is 5.32 Å². The van der Waals surface area contributed by atoms with Gasteiger partial charge in [0.15, 0.2) is 6.10 Å². The molecule has 0 radical (unpaired) electrons.